The maximum atomic E-state index is 13.1. The number of piperidine rings is 1. The molecule has 0 bridgehead atoms. The summed E-state index contributed by atoms with van der Waals surface area (Å²) in [7, 11) is 0. The number of benzene rings is 3. The predicted molar refractivity (Wildman–Crippen MR) is 132 cm³/mol. The summed E-state index contributed by atoms with van der Waals surface area (Å²) in [4.78, 5) is 39.9. The molecule has 0 N–H and O–H groups in total. The molecule has 1 fully saturated rings. The highest BCUT2D eigenvalue weighted by atomic mass is 35.5. The molecule has 1 atom stereocenters. The molecule has 0 spiro atoms. The molecule has 1 aliphatic rings. The topological polar surface area (TPSA) is 72.9 Å². The van der Waals surface area contributed by atoms with E-state index in [1.165, 1.54) is 4.90 Å². The van der Waals surface area contributed by atoms with Gasteiger partial charge in [-0.3, -0.25) is 4.79 Å². The molecule has 1 saturated heterocycles. The lowest BCUT2D eigenvalue weighted by atomic mass is 9.74. The maximum absolute atomic E-state index is 13.1. The van der Waals surface area contributed by atoms with Crippen LogP contribution in [0.4, 0.5) is 4.79 Å². The first kappa shape index (κ1) is 24.5. The fourth-order valence-electron chi connectivity index (χ4n) is 4.29. The van der Waals surface area contributed by atoms with Crippen LogP contribution in [0.2, 0.25) is 0 Å². The van der Waals surface area contributed by atoms with Crippen LogP contribution in [-0.2, 0) is 31.1 Å². The largest absolute Gasteiger partial charge is 0.458 e. The number of carbonyl (C=O) groups excluding carboxylic acids is 3. The number of rotatable bonds is 7. The van der Waals surface area contributed by atoms with E-state index in [2.05, 4.69) is 0 Å². The van der Waals surface area contributed by atoms with Gasteiger partial charge in [-0.25, -0.2) is 9.59 Å². The predicted octanol–water partition coefficient (Wildman–Crippen LogP) is 5.41. The molecule has 3 aromatic carbocycles. The fraction of sp³-hybridized carbons (Fsp3) is 0.250. The van der Waals surface area contributed by atoms with Crippen molar-refractivity contribution in [3.63, 3.8) is 0 Å². The summed E-state index contributed by atoms with van der Waals surface area (Å²) < 4.78 is 11.1. The Hall–Kier alpha value is -3.64. The monoisotopic (exact) mass is 491 g/mol. The van der Waals surface area contributed by atoms with Gasteiger partial charge in [0, 0.05) is 18.7 Å². The summed E-state index contributed by atoms with van der Waals surface area (Å²) in [6.45, 7) is 0.612. The lowest BCUT2D eigenvalue weighted by Gasteiger charge is -2.39. The number of amides is 1. The van der Waals surface area contributed by atoms with Crippen LogP contribution in [0.25, 0.3) is 0 Å². The first-order valence-corrected chi connectivity index (χ1v) is 11.8. The van der Waals surface area contributed by atoms with E-state index in [1.54, 1.807) is 24.3 Å². The van der Waals surface area contributed by atoms with Crippen molar-refractivity contribution in [3.05, 3.63) is 108 Å². The average molecular weight is 492 g/mol. The van der Waals surface area contributed by atoms with Gasteiger partial charge in [-0.2, -0.15) is 0 Å². The van der Waals surface area contributed by atoms with Crippen molar-refractivity contribution >= 4 is 28.9 Å². The van der Waals surface area contributed by atoms with E-state index in [0.29, 0.717) is 18.4 Å². The molecule has 180 valence electrons. The lowest BCUT2D eigenvalue weighted by molar-refractivity contribution is -0.156. The van der Waals surface area contributed by atoms with E-state index in [1.807, 2.05) is 66.7 Å². The zero-order valence-electron chi connectivity index (χ0n) is 19.1. The number of likely N-dealkylation sites (tertiary alicyclic amines) is 1. The van der Waals surface area contributed by atoms with Gasteiger partial charge >= 0.3 is 12.1 Å². The Morgan fingerprint density at radius 1 is 0.829 bits per heavy atom. The Morgan fingerprint density at radius 3 is 1.94 bits per heavy atom. The van der Waals surface area contributed by atoms with Crippen LogP contribution in [0.15, 0.2) is 91.0 Å². The molecular weight excluding hydrogens is 466 g/mol. The van der Waals surface area contributed by atoms with Crippen LogP contribution in [-0.4, -0.2) is 35.3 Å². The summed E-state index contributed by atoms with van der Waals surface area (Å²) in [5.74, 6) is -0.653. The van der Waals surface area contributed by atoms with Crippen LogP contribution in [0.5, 0.6) is 0 Å². The summed E-state index contributed by atoms with van der Waals surface area (Å²) in [6, 6.07) is 27.4. The molecule has 1 aliphatic heterocycles. The molecule has 35 heavy (non-hydrogen) atoms. The summed E-state index contributed by atoms with van der Waals surface area (Å²) >= 11 is 6.03. The molecule has 6 nitrogen and oxygen atoms in total. The van der Waals surface area contributed by atoms with Crippen molar-refractivity contribution in [1.29, 1.82) is 0 Å². The first-order valence-electron chi connectivity index (χ1n) is 11.5. The molecule has 1 heterocycles. The van der Waals surface area contributed by atoms with E-state index < -0.39 is 28.8 Å². The van der Waals surface area contributed by atoms with Gasteiger partial charge in [0.15, 0.2) is 0 Å². The molecular formula is C28H26ClNO5. The van der Waals surface area contributed by atoms with Gasteiger partial charge in [-0.05, 0) is 35.6 Å². The standard InChI is InChI=1S/C28H26ClNO5/c29-26(32)28(23-14-8-3-9-15-23)16-18-30(19-17-28)27(33)35-24(22-12-6-2-7-13-22)25(31)34-20-21-10-4-1-5-11-21/h1-15,24H,16-20H2. The summed E-state index contributed by atoms with van der Waals surface area (Å²) in [5, 5.41) is -0.441. The number of halogens is 1. The minimum Gasteiger partial charge on any atom is -0.458 e. The van der Waals surface area contributed by atoms with Gasteiger partial charge in [0.05, 0.1) is 5.41 Å². The Kier molecular flexibility index (Phi) is 7.83. The molecule has 3 aromatic rings. The van der Waals surface area contributed by atoms with E-state index in [-0.39, 0.29) is 19.7 Å². The van der Waals surface area contributed by atoms with Crippen LogP contribution < -0.4 is 0 Å². The zero-order valence-corrected chi connectivity index (χ0v) is 19.9. The SMILES string of the molecule is O=C(OCc1ccccc1)C(OC(=O)N1CCC(C(=O)Cl)(c2ccccc2)CC1)c1ccccc1. The second kappa shape index (κ2) is 11.2. The molecule has 4 rings (SSSR count). The number of ether oxygens (including phenoxy) is 2. The van der Waals surface area contributed by atoms with Gasteiger partial charge < -0.3 is 14.4 Å². The second-order valence-electron chi connectivity index (χ2n) is 8.48. The highest BCUT2D eigenvalue weighted by molar-refractivity contribution is 6.65. The van der Waals surface area contributed by atoms with Gasteiger partial charge in [0.1, 0.15) is 6.61 Å². The highest BCUT2D eigenvalue weighted by Crippen LogP contribution is 2.38. The third-order valence-corrected chi connectivity index (χ3v) is 6.70. The second-order valence-corrected chi connectivity index (χ2v) is 8.82. The van der Waals surface area contributed by atoms with Gasteiger partial charge in [0.25, 0.3) is 0 Å². The van der Waals surface area contributed by atoms with E-state index >= 15 is 0 Å². The van der Waals surface area contributed by atoms with Crippen molar-refractivity contribution in [2.45, 2.75) is 31.0 Å². The van der Waals surface area contributed by atoms with Gasteiger partial charge in [-0.1, -0.05) is 91.0 Å². The molecule has 7 heteroatoms. The van der Waals surface area contributed by atoms with Crippen molar-refractivity contribution in [2.24, 2.45) is 0 Å². The van der Waals surface area contributed by atoms with E-state index in [9.17, 15) is 14.4 Å². The van der Waals surface area contributed by atoms with Crippen molar-refractivity contribution in [2.75, 3.05) is 13.1 Å². The van der Waals surface area contributed by atoms with Crippen LogP contribution in [0.1, 0.15) is 35.6 Å². The number of hydrogen-bond acceptors (Lipinski definition) is 5. The number of nitrogens with zero attached hydrogens (tertiary/aromatic N) is 1. The molecule has 0 radical (unpaired) electrons. The van der Waals surface area contributed by atoms with Crippen molar-refractivity contribution < 1.29 is 23.9 Å². The quantitative estimate of drug-likeness (QED) is 0.326. The molecule has 0 aliphatic carbocycles. The smallest absolute Gasteiger partial charge is 0.410 e. The molecule has 1 amide bonds. The lowest BCUT2D eigenvalue weighted by Crippen LogP contribution is -2.48. The summed E-state index contributed by atoms with van der Waals surface area (Å²) in [6.07, 6.45) is -1.12. The van der Waals surface area contributed by atoms with Crippen LogP contribution in [0.3, 0.4) is 0 Å². The maximum Gasteiger partial charge on any atom is 0.410 e. The van der Waals surface area contributed by atoms with Crippen molar-refractivity contribution in [3.8, 4) is 0 Å². The van der Waals surface area contributed by atoms with Crippen LogP contribution >= 0.6 is 11.6 Å². The highest BCUT2D eigenvalue weighted by Gasteiger charge is 2.43. The number of carbonyl (C=O) groups is 3. The third-order valence-electron chi connectivity index (χ3n) is 6.34. The van der Waals surface area contributed by atoms with Gasteiger partial charge in [0.2, 0.25) is 11.3 Å². The Morgan fingerprint density at radius 2 is 1.37 bits per heavy atom. The normalized spacial score (nSPS) is 15.6. The molecule has 1 unspecified atom stereocenters. The van der Waals surface area contributed by atoms with Crippen molar-refractivity contribution in [1.82, 2.24) is 4.90 Å². The van der Waals surface area contributed by atoms with E-state index in [4.69, 9.17) is 21.1 Å². The Labute approximate surface area is 209 Å². The average Bonchev–Trinajstić information content (AvgIpc) is 2.91. The number of hydrogen-bond donors (Lipinski definition) is 0. The minimum absolute atomic E-state index is 0.0711. The molecule has 0 saturated carbocycles. The molecule has 0 aromatic heterocycles. The Bertz CT molecular complexity index is 1150. The third kappa shape index (κ3) is 5.72. The van der Waals surface area contributed by atoms with Crippen LogP contribution in [0, 0.1) is 0 Å². The number of esters is 1. The Balaban J connectivity index is 1.44. The van der Waals surface area contributed by atoms with Gasteiger partial charge in [-0.15, -0.1) is 0 Å². The zero-order chi connectivity index (χ0) is 24.7. The first-order chi connectivity index (χ1) is 17.0. The van der Waals surface area contributed by atoms with E-state index in [0.717, 1.165) is 11.1 Å². The minimum atomic E-state index is -1.21. The summed E-state index contributed by atoms with van der Waals surface area (Å²) in [5.41, 5.74) is 1.33. The fourth-order valence-corrected chi connectivity index (χ4v) is 4.58.